The Balaban J connectivity index is 1.99. The summed E-state index contributed by atoms with van der Waals surface area (Å²) in [6.45, 7) is 1.40. The van der Waals surface area contributed by atoms with Gasteiger partial charge in [0, 0.05) is 17.0 Å². The van der Waals surface area contributed by atoms with Crippen LogP contribution in [0, 0.1) is 5.92 Å². The summed E-state index contributed by atoms with van der Waals surface area (Å²) < 4.78 is 6.02. The molecular weight excluding hydrogens is 242 g/mol. The molecular formula is C15H23NOS. The third-order valence-corrected chi connectivity index (χ3v) is 4.54. The van der Waals surface area contributed by atoms with Gasteiger partial charge in [0.25, 0.3) is 0 Å². The molecule has 0 unspecified atom stereocenters. The molecule has 1 aliphatic rings. The fourth-order valence-corrected chi connectivity index (χ4v) is 3.28. The number of hydrogen-bond acceptors (Lipinski definition) is 3. The topological polar surface area (TPSA) is 35.2 Å². The van der Waals surface area contributed by atoms with Gasteiger partial charge in [0.05, 0.1) is 6.61 Å². The van der Waals surface area contributed by atoms with Gasteiger partial charge >= 0.3 is 0 Å². The Kier molecular flexibility index (Phi) is 5.39. The lowest BCUT2D eigenvalue weighted by Crippen LogP contribution is -2.16. The van der Waals surface area contributed by atoms with Crippen LogP contribution in [0.4, 0.5) is 0 Å². The Labute approximate surface area is 114 Å². The van der Waals surface area contributed by atoms with Crippen molar-refractivity contribution in [2.24, 2.45) is 11.7 Å². The van der Waals surface area contributed by atoms with Crippen molar-refractivity contribution < 1.29 is 4.74 Å². The summed E-state index contributed by atoms with van der Waals surface area (Å²) in [5.74, 6) is 1.72. The normalized spacial score (nSPS) is 16.8. The Morgan fingerprint density at radius 2 is 2.06 bits per heavy atom. The molecule has 2 rings (SSSR count). The Morgan fingerprint density at radius 1 is 1.28 bits per heavy atom. The van der Waals surface area contributed by atoms with Gasteiger partial charge in [-0.1, -0.05) is 25.3 Å². The fourth-order valence-electron chi connectivity index (χ4n) is 2.63. The first-order valence-electron chi connectivity index (χ1n) is 6.84. The molecule has 1 fully saturated rings. The summed E-state index contributed by atoms with van der Waals surface area (Å²) in [5.41, 5.74) is 7.00. The average molecular weight is 265 g/mol. The Bertz CT molecular complexity index is 375. The maximum Gasteiger partial charge on any atom is 0.124 e. The molecule has 2 nitrogen and oxygen atoms in total. The smallest absolute Gasteiger partial charge is 0.124 e. The molecule has 0 atom stereocenters. The van der Waals surface area contributed by atoms with E-state index in [9.17, 15) is 0 Å². The second-order valence-electron chi connectivity index (χ2n) is 4.96. The highest BCUT2D eigenvalue weighted by molar-refractivity contribution is 7.98. The van der Waals surface area contributed by atoms with Gasteiger partial charge in [0.15, 0.2) is 0 Å². The number of thioether (sulfide) groups is 1. The minimum Gasteiger partial charge on any atom is -0.493 e. The summed E-state index contributed by atoms with van der Waals surface area (Å²) in [5, 5.41) is 0. The molecule has 0 spiro atoms. The van der Waals surface area contributed by atoms with Crippen LogP contribution in [-0.4, -0.2) is 12.9 Å². The number of hydrogen-bond donors (Lipinski definition) is 1. The standard InChI is InChI=1S/C15H23NOS/c1-18-15-9-5-8-14(13(15)10-16)17-11-12-6-3-2-4-7-12/h5,8-9,12H,2-4,6-7,10-11,16H2,1H3. The van der Waals surface area contributed by atoms with E-state index in [2.05, 4.69) is 18.4 Å². The van der Waals surface area contributed by atoms with E-state index in [4.69, 9.17) is 10.5 Å². The zero-order valence-electron chi connectivity index (χ0n) is 11.2. The highest BCUT2D eigenvalue weighted by atomic mass is 32.2. The van der Waals surface area contributed by atoms with Gasteiger partial charge < -0.3 is 10.5 Å². The second kappa shape index (κ2) is 7.05. The first-order chi connectivity index (χ1) is 8.85. The maximum atomic E-state index is 6.02. The van der Waals surface area contributed by atoms with E-state index >= 15 is 0 Å². The van der Waals surface area contributed by atoms with E-state index in [-0.39, 0.29) is 0 Å². The van der Waals surface area contributed by atoms with Gasteiger partial charge in [0.2, 0.25) is 0 Å². The van der Waals surface area contributed by atoms with Gasteiger partial charge in [-0.15, -0.1) is 11.8 Å². The summed E-state index contributed by atoms with van der Waals surface area (Å²) in [6, 6.07) is 6.21. The molecule has 1 saturated carbocycles. The molecule has 0 saturated heterocycles. The summed E-state index contributed by atoms with van der Waals surface area (Å²) in [7, 11) is 0. The maximum absolute atomic E-state index is 6.02. The van der Waals surface area contributed by atoms with E-state index in [1.807, 2.05) is 6.07 Å². The van der Waals surface area contributed by atoms with Crippen LogP contribution in [-0.2, 0) is 6.54 Å². The largest absolute Gasteiger partial charge is 0.493 e. The van der Waals surface area contributed by atoms with Gasteiger partial charge in [-0.3, -0.25) is 0 Å². The highest BCUT2D eigenvalue weighted by Crippen LogP contribution is 2.30. The molecule has 100 valence electrons. The first kappa shape index (κ1) is 13.8. The van der Waals surface area contributed by atoms with E-state index in [0.29, 0.717) is 6.54 Å². The van der Waals surface area contributed by atoms with Crippen molar-refractivity contribution in [2.75, 3.05) is 12.9 Å². The van der Waals surface area contributed by atoms with Gasteiger partial charge in [-0.2, -0.15) is 0 Å². The van der Waals surface area contributed by atoms with Crippen molar-refractivity contribution in [3.8, 4) is 5.75 Å². The third kappa shape index (κ3) is 3.42. The highest BCUT2D eigenvalue weighted by Gasteiger charge is 2.15. The summed E-state index contributed by atoms with van der Waals surface area (Å²) >= 11 is 1.74. The second-order valence-corrected chi connectivity index (χ2v) is 5.80. The van der Waals surface area contributed by atoms with Gasteiger partial charge in [0.1, 0.15) is 5.75 Å². The van der Waals surface area contributed by atoms with Crippen molar-refractivity contribution in [1.82, 2.24) is 0 Å². The van der Waals surface area contributed by atoms with Crippen LogP contribution in [0.3, 0.4) is 0 Å². The minimum absolute atomic E-state index is 0.553. The predicted octanol–water partition coefficient (Wildman–Crippen LogP) is 3.83. The van der Waals surface area contributed by atoms with Crippen LogP contribution >= 0.6 is 11.8 Å². The molecule has 0 aromatic heterocycles. The average Bonchev–Trinajstić information content (AvgIpc) is 2.45. The molecule has 0 heterocycles. The van der Waals surface area contributed by atoms with E-state index in [0.717, 1.165) is 23.8 Å². The van der Waals surface area contributed by atoms with Gasteiger partial charge in [-0.25, -0.2) is 0 Å². The zero-order valence-corrected chi connectivity index (χ0v) is 12.0. The lowest BCUT2D eigenvalue weighted by Gasteiger charge is -2.22. The third-order valence-electron chi connectivity index (χ3n) is 3.71. The van der Waals surface area contributed by atoms with E-state index < -0.39 is 0 Å². The van der Waals surface area contributed by atoms with Crippen LogP contribution in [0.1, 0.15) is 37.7 Å². The molecule has 2 N–H and O–H groups in total. The molecule has 0 amide bonds. The molecule has 1 aromatic rings. The molecule has 0 radical (unpaired) electrons. The minimum atomic E-state index is 0.553. The summed E-state index contributed by atoms with van der Waals surface area (Å²) in [6.07, 6.45) is 8.84. The van der Waals surface area contributed by atoms with Crippen LogP contribution in [0.2, 0.25) is 0 Å². The number of nitrogens with two attached hydrogens (primary N) is 1. The van der Waals surface area contributed by atoms with E-state index in [1.54, 1.807) is 11.8 Å². The van der Waals surface area contributed by atoms with Gasteiger partial charge in [-0.05, 0) is 37.1 Å². The fraction of sp³-hybridized carbons (Fsp3) is 0.600. The monoisotopic (exact) mass is 265 g/mol. The Hall–Kier alpha value is -0.670. The molecule has 1 aromatic carbocycles. The van der Waals surface area contributed by atoms with Crippen molar-refractivity contribution in [3.63, 3.8) is 0 Å². The van der Waals surface area contributed by atoms with Crippen molar-refractivity contribution in [1.29, 1.82) is 0 Å². The summed E-state index contributed by atoms with van der Waals surface area (Å²) in [4.78, 5) is 1.23. The number of benzene rings is 1. The van der Waals surface area contributed by atoms with Crippen molar-refractivity contribution in [2.45, 2.75) is 43.5 Å². The molecule has 0 bridgehead atoms. The molecule has 3 heteroatoms. The number of rotatable bonds is 5. The SMILES string of the molecule is CSc1cccc(OCC2CCCCC2)c1CN. The number of ether oxygens (including phenoxy) is 1. The van der Waals surface area contributed by atoms with Crippen LogP contribution < -0.4 is 10.5 Å². The Morgan fingerprint density at radius 3 is 2.72 bits per heavy atom. The van der Waals surface area contributed by atoms with Crippen LogP contribution in [0.25, 0.3) is 0 Å². The first-order valence-corrected chi connectivity index (χ1v) is 8.06. The van der Waals surface area contributed by atoms with Crippen LogP contribution in [0.15, 0.2) is 23.1 Å². The van der Waals surface area contributed by atoms with E-state index in [1.165, 1.54) is 37.0 Å². The van der Waals surface area contributed by atoms with Crippen molar-refractivity contribution >= 4 is 11.8 Å². The lowest BCUT2D eigenvalue weighted by molar-refractivity contribution is 0.207. The lowest BCUT2D eigenvalue weighted by atomic mass is 9.90. The molecule has 0 aliphatic heterocycles. The quantitative estimate of drug-likeness (QED) is 0.822. The molecule has 1 aliphatic carbocycles. The van der Waals surface area contributed by atoms with Crippen molar-refractivity contribution in [3.05, 3.63) is 23.8 Å². The van der Waals surface area contributed by atoms with Crippen LogP contribution in [0.5, 0.6) is 5.75 Å². The predicted molar refractivity (Wildman–Crippen MR) is 78.2 cm³/mol. The zero-order chi connectivity index (χ0) is 12.8. The molecule has 18 heavy (non-hydrogen) atoms.